The zero-order valence-electron chi connectivity index (χ0n) is 5.35. The minimum atomic E-state index is 0.209. The summed E-state index contributed by atoms with van der Waals surface area (Å²) in [5, 5.41) is 0. The Balaban J connectivity index is 3.39. The van der Waals surface area contributed by atoms with Gasteiger partial charge in [-0.1, -0.05) is 24.8 Å². The molecule has 1 unspecified atom stereocenters. The summed E-state index contributed by atoms with van der Waals surface area (Å²) >= 11 is 0. The van der Waals surface area contributed by atoms with Crippen molar-refractivity contribution >= 4 is 0 Å². The van der Waals surface area contributed by atoms with Crippen LogP contribution in [0.15, 0.2) is 24.8 Å². The van der Waals surface area contributed by atoms with Crippen LogP contribution in [0.3, 0.4) is 0 Å². The second-order valence-corrected chi connectivity index (χ2v) is 2.04. The van der Waals surface area contributed by atoms with Gasteiger partial charge >= 0.3 is 0 Å². The maximum atomic E-state index is 5.46. The summed E-state index contributed by atoms with van der Waals surface area (Å²) in [7, 11) is 0. The third kappa shape index (κ3) is 3.62. The van der Waals surface area contributed by atoms with Crippen LogP contribution >= 0.6 is 0 Å². The van der Waals surface area contributed by atoms with Gasteiger partial charge in [0, 0.05) is 6.04 Å². The van der Waals surface area contributed by atoms with E-state index in [4.69, 9.17) is 5.73 Å². The van der Waals surface area contributed by atoms with E-state index in [0.717, 1.165) is 12.0 Å². The monoisotopic (exact) mass is 111 g/mol. The smallest absolute Gasteiger partial charge is 0.00506 e. The Bertz CT molecular complexity index is 92.6. The second-order valence-electron chi connectivity index (χ2n) is 2.04. The summed E-state index contributed by atoms with van der Waals surface area (Å²) in [5.74, 6) is 0. The number of rotatable bonds is 3. The van der Waals surface area contributed by atoms with E-state index in [1.54, 1.807) is 6.08 Å². The van der Waals surface area contributed by atoms with Crippen molar-refractivity contribution in [1.29, 1.82) is 0 Å². The molecule has 0 amide bonds. The van der Waals surface area contributed by atoms with Crippen molar-refractivity contribution < 1.29 is 0 Å². The van der Waals surface area contributed by atoms with Crippen LogP contribution in [0.4, 0.5) is 0 Å². The summed E-state index contributed by atoms with van der Waals surface area (Å²) in [4.78, 5) is 0. The number of allylic oxidation sites excluding steroid dienone is 1. The SMILES string of the molecule is C=CC(=C)CC(C)N. The van der Waals surface area contributed by atoms with Crippen molar-refractivity contribution in [3.63, 3.8) is 0 Å². The summed E-state index contributed by atoms with van der Waals surface area (Å²) < 4.78 is 0. The van der Waals surface area contributed by atoms with Gasteiger partial charge in [-0.25, -0.2) is 0 Å². The Morgan fingerprint density at radius 3 is 2.50 bits per heavy atom. The molecule has 2 N–H and O–H groups in total. The summed E-state index contributed by atoms with van der Waals surface area (Å²) in [6, 6.07) is 0.209. The van der Waals surface area contributed by atoms with E-state index < -0.39 is 0 Å². The second kappa shape index (κ2) is 3.44. The van der Waals surface area contributed by atoms with Crippen molar-refractivity contribution in [2.24, 2.45) is 5.73 Å². The molecule has 0 rings (SSSR count). The van der Waals surface area contributed by atoms with Crippen molar-refractivity contribution in [3.8, 4) is 0 Å². The largest absolute Gasteiger partial charge is 0.328 e. The number of hydrogen-bond acceptors (Lipinski definition) is 1. The fourth-order valence-electron chi connectivity index (χ4n) is 0.497. The fourth-order valence-corrected chi connectivity index (χ4v) is 0.497. The van der Waals surface area contributed by atoms with Gasteiger partial charge in [0.1, 0.15) is 0 Å². The van der Waals surface area contributed by atoms with E-state index in [1.807, 2.05) is 6.92 Å². The summed E-state index contributed by atoms with van der Waals surface area (Å²) in [5.41, 5.74) is 6.47. The molecule has 0 aliphatic heterocycles. The lowest BCUT2D eigenvalue weighted by Gasteiger charge is -2.01. The van der Waals surface area contributed by atoms with E-state index >= 15 is 0 Å². The van der Waals surface area contributed by atoms with E-state index in [0.29, 0.717) is 0 Å². The highest BCUT2D eigenvalue weighted by molar-refractivity contribution is 5.11. The maximum absolute atomic E-state index is 5.46. The summed E-state index contributed by atoms with van der Waals surface area (Å²) in [6.07, 6.45) is 2.59. The van der Waals surface area contributed by atoms with Crippen LogP contribution < -0.4 is 5.73 Å². The molecule has 0 radical (unpaired) electrons. The minimum absolute atomic E-state index is 0.209. The maximum Gasteiger partial charge on any atom is 0.00506 e. The topological polar surface area (TPSA) is 26.0 Å². The first-order chi connectivity index (χ1) is 3.66. The molecule has 1 atom stereocenters. The first-order valence-electron chi connectivity index (χ1n) is 2.72. The quantitative estimate of drug-likeness (QED) is 0.548. The van der Waals surface area contributed by atoms with Gasteiger partial charge in [-0.15, -0.1) is 0 Å². The molecule has 0 aliphatic carbocycles. The van der Waals surface area contributed by atoms with Crippen molar-refractivity contribution in [1.82, 2.24) is 0 Å². The van der Waals surface area contributed by atoms with Crippen LogP contribution in [0, 0.1) is 0 Å². The van der Waals surface area contributed by atoms with Gasteiger partial charge in [0.15, 0.2) is 0 Å². The zero-order valence-corrected chi connectivity index (χ0v) is 5.35. The van der Waals surface area contributed by atoms with Gasteiger partial charge in [0.05, 0.1) is 0 Å². The molecule has 0 aliphatic rings. The molecule has 0 heterocycles. The molecule has 0 saturated heterocycles. The fraction of sp³-hybridized carbons (Fsp3) is 0.429. The highest BCUT2D eigenvalue weighted by Crippen LogP contribution is 1.99. The van der Waals surface area contributed by atoms with E-state index in [1.165, 1.54) is 0 Å². The standard InChI is InChI=1S/C7H13N/c1-4-6(2)5-7(3)8/h4,7H,1-2,5,8H2,3H3. The predicted molar refractivity (Wildman–Crippen MR) is 37.6 cm³/mol. The molecule has 0 bridgehead atoms. The van der Waals surface area contributed by atoms with Crippen LogP contribution in [0.25, 0.3) is 0 Å². The predicted octanol–water partition coefficient (Wildman–Crippen LogP) is 1.47. The Hall–Kier alpha value is -0.560. The molecule has 0 aromatic rings. The molecule has 0 aromatic carbocycles. The number of nitrogens with two attached hydrogens (primary N) is 1. The molecular weight excluding hydrogens is 98.1 g/mol. The first kappa shape index (κ1) is 7.44. The van der Waals surface area contributed by atoms with Crippen LogP contribution in [-0.4, -0.2) is 6.04 Å². The van der Waals surface area contributed by atoms with Crippen LogP contribution in [-0.2, 0) is 0 Å². The molecular formula is C7H13N. The van der Waals surface area contributed by atoms with E-state index in [-0.39, 0.29) is 6.04 Å². The van der Waals surface area contributed by atoms with E-state index in [9.17, 15) is 0 Å². The summed E-state index contributed by atoms with van der Waals surface area (Å²) in [6.45, 7) is 9.23. The van der Waals surface area contributed by atoms with E-state index in [2.05, 4.69) is 13.2 Å². The highest BCUT2D eigenvalue weighted by Gasteiger charge is 1.92. The third-order valence-corrected chi connectivity index (χ3v) is 0.873. The van der Waals surface area contributed by atoms with Crippen molar-refractivity contribution in [2.75, 3.05) is 0 Å². The molecule has 0 fully saturated rings. The van der Waals surface area contributed by atoms with Crippen LogP contribution in [0.1, 0.15) is 13.3 Å². The van der Waals surface area contributed by atoms with Gasteiger partial charge in [-0.05, 0) is 13.3 Å². The Labute approximate surface area is 50.9 Å². The average Bonchev–Trinajstić information content (AvgIpc) is 1.65. The first-order valence-corrected chi connectivity index (χ1v) is 2.72. The molecule has 0 aromatic heterocycles. The zero-order chi connectivity index (χ0) is 6.57. The number of hydrogen-bond donors (Lipinski definition) is 1. The van der Waals surface area contributed by atoms with Gasteiger partial charge in [0.2, 0.25) is 0 Å². The normalized spacial score (nSPS) is 12.8. The van der Waals surface area contributed by atoms with Crippen molar-refractivity contribution in [2.45, 2.75) is 19.4 Å². The minimum Gasteiger partial charge on any atom is -0.328 e. The van der Waals surface area contributed by atoms with Gasteiger partial charge in [0.25, 0.3) is 0 Å². The molecule has 8 heavy (non-hydrogen) atoms. The molecule has 1 nitrogen and oxygen atoms in total. The van der Waals surface area contributed by atoms with Crippen molar-refractivity contribution in [3.05, 3.63) is 24.8 Å². The molecule has 0 spiro atoms. The molecule has 46 valence electrons. The Kier molecular flexibility index (Phi) is 3.20. The highest BCUT2D eigenvalue weighted by atomic mass is 14.6. The van der Waals surface area contributed by atoms with Crippen LogP contribution in [0.2, 0.25) is 0 Å². The lowest BCUT2D eigenvalue weighted by atomic mass is 10.1. The lowest BCUT2D eigenvalue weighted by Crippen LogP contribution is -2.14. The Morgan fingerprint density at radius 2 is 2.38 bits per heavy atom. The average molecular weight is 111 g/mol. The Morgan fingerprint density at radius 1 is 1.88 bits per heavy atom. The van der Waals surface area contributed by atoms with Crippen LogP contribution in [0.5, 0.6) is 0 Å². The van der Waals surface area contributed by atoms with Gasteiger partial charge in [-0.2, -0.15) is 0 Å². The molecule has 0 saturated carbocycles. The van der Waals surface area contributed by atoms with Gasteiger partial charge in [-0.3, -0.25) is 0 Å². The molecule has 1 heteroatoms. The third-order valence-electron chi connectivity index (χ3n) is 0.873. The lowest BCUT2D eigenvalue weighted by molar-refractivity contribution is 0.742. The van der Waals surface area contributed by atoms with Gasteiger partial charge < -0.3 is 5.73 Å².